The number of aliphatic carboxylic acids is 1. The summed E-state index contributed by atoms with van der Waals surface area (Å²) in [4.78, 5) is 56.2. The summed E-state index contributed by atoms with van der Waals surface area (Å²) in [7, 11) is 0. The van der Waals surface area contributed by atoms with E-state index in [0.29, 0.717) is 16.4 Å². The number of fused-ring (bicyclic) bond motifs is 1. The predicted molar refractivity (Wildman–Crippen MR) is 185 cm³/mol. The Hall–Kier alpha value is -5.40. The van der Waals surface area contributed by atoms with E-state index >= 15 is 0 Å². The van der Waals surface area contributed by atoms with E-state index in [-0.39, 0.29) is 18.1 Å². The summed E-state index contributed by atoms with van der Waals surface area (Å²) in [5.74, 6) is -2.92. The fourth-order valence-corrected chi connectivity index (χ4v) is 8.09. The lowest BCUT2D eigenvalue weighted by Crippen LogP contribution is -2.71. The molecule has 2 amide bonds. The van der Waals surface area contributed by atoms with Crippen LogP contribution in [0.2, 0.25) is 0 Å². The minimum absolute atomic E-state index is 0.204. The number of thioether (sulfide) groups is 1. The molecule has 1 fully saturated rings. The number of nitrogens with zero attached hydrogens (tertiary/aromatic N) is 2. The van der Waals surface area contributed by atoms with Gasteiger partial charge in [-0.25, -0.2) is 9.78 Å². The Kier molecular flexibility index (Phi) is 9.83. The molecule has 3 atom stereocenters. The monoisotopic (exact) mass is 696 g/mol. The van der Waals surface area contributed by atoms with Crippen molar-refractivity contribution in [3.63, 3.8) is 0 Å². The largest absolute Gasteiger partial charge is 0.482 e. The Bertz CT molecular complexity index is 1800. The summed E-state index contributed by atoms with van der Waals surface area (Å²) in [6, 6.07) is 29.0. The van der Waals surface area contributed by atoms with E-state index in [1.807, 2.05) is 91.0 Å². The Balaban J connectivity index is 1.27. The maximum absolute atomic E-state index is 13.7. The van der Waals surface area contributed by atoms with Crippen molar-refractivity contribution in [3.05, 3.63) is 143 Å². The van der Waals surface area contributed by atoms with E-state index in [2.05, 4.69) is 17.2 Å². The van der Waals surface area contributed by atoms with Gasteiger partial charge in [-0.1, -0.05) is 97.6 Å². The van der Waals surface area contributed by atoms with Crippen LogP contribution in [0, 0.1) is 0 Å². The fourth-order valence-electron chi connectivity index (χ4n) is 5.98. The van der Waals surface area contributed by atoms with Gasteiger partial charge in [-0.3, -0.25) is 19.3 Å². The number of amides is 2. The lowest BCUT2D eigenvalue weighted by Gasteiger charge is -2.49. The second-order valence-electron chi connectivity index (χ2n) is 11.2. The van der Waals surface area contributed by atoms with Crippen molar-refractivity contribution >= 4 is 52.0 Å². The number of thiazole rings is 1. The van der Waals surface area contributed by atoms with Gasteiger partial charge in [0.05, 0.1) is 6.26 Å². The van der Waals surface area contributed by atoms with Gasteiger partial charge in [0.2, 0.25) is 6.10 Å². The van der Waals surface area contributed by atoms with Crippen molar-refractivity contribution < 1.29 is 33.8 Å². The van der Waals surface area contributed by atoms with Gasteiger partial charge in [0.1, 0.15) is 35.0 Å². The minimum atomic E-state index is -1.32. The number of nitrogens with one attached hydrogen (secondary N) is 2. The first-order chi connectivity index (χ1) is 23.7. The van der Waals surface area contributed by atoms with E-state index in [9.17, 15) is 24.3 Å². The van der Waals surface area contributed by atoms with Crippen LogP contribution in [0.5, 0.6) is 0 Å². The van der Waals surface area contributed by atoms with Gasteiger partial charge in [-0.05, 0) is 16.7 Å². The van der Waals surface area contributed by atoms with Crippen molar-refractivity contribution in [1.29, 1.82) is 0 Å². The van der Waals surface area contributed by atoms with Crippen molar-refractivity contribution in [3.8, 4) is 0 Å². The number of hydrogen-bond donors (Lipinski definition) is 3. The highest BCUT2D eigenvalue weighted by molar-refractivity contribution is 8.00. The molecule has 2 aliphatic rings. The van der Waals surface area contributed by atoms with Gasteiger partial charge < -0.3 is 25.2 Å². The van der Waals surface area contributed by atoms with Gasteiger partial charge in [0, 0.05) is 23.6 Å². The Morgan fingerprint density at radius 3 is 2.10 bits per heavy atom. The molecule has 3 heterocycles. The zero-order chi connectivity index (χ0) is 34.5. The van der Waals surface area contributed by atoms with Gasteiger partial charge in [-0.15, -0.1) is 23.1 Å². The molecular formula is C36H32N4O7S2. The maximum Gasteiger partial charge on any atom is 0.352 e. The number of β-lactam (4-membered cyclic amide) rings is 1. The van der Waals surface area contributed by atoms with Crippen molar-refractivity contribution in [2.75, 3.05) is 17.7 Å². The average molecular weight is 697 g/mol. The van der Waals surface area contributed by atoms with Crippen LogP contribution in [0.3, 0.4) is 0 Å². The topological polar surface area (TPSA) is 147 Å². The van der Waals surface area contributed by atoms with Crippen LogP contribution in [0.1, 0.15) is 35.4 Å². The van der Waals surface area contributed by atoms with Gasteiger partial charge >= 0.3 is 11.9 Å². The third kappa shape index (κ3) is 6.54. The second-order valence-corrected chi connectivity index (χ2v) is 13.1. The van der Waals surface area contributed by atoms with E-state index in [4.69, 9.17) is 14.5 Å². The van der Waals surface area contributed by atoms with Crippen LogP contribution in [-0.4, -0.2) is 62.5 Å². The van der Waals surface area contributed by atoms with Gasteiger partial charge in [0.25, 0.3) is 11.8 Å². The van der Waals surface area contributed by atoms with Crippen LogP contribution in [0.4, 0.5) is 5.13 Å². The molecule has 0 bridgehead atoms. The Morgan fingerprint density at radius 2 is 1.59 bits per heavy atom. The van der Waals surface area contributed by atoms with E-state index in [1.54, 1.807) is 5.38 Å². The molecule has 3 aromatic carbocycles. The number of benzene rings is 3. The highest BCUT2D eigenvalue weighted by atomic mass is 32.2. The molecule has 0 saturated carbocycles. The summed E-state index contributed by atoms with van der Waals surface area (Å²) in [5, 5.41) is 17.8. The number of esters is 1. The third-order valence-electron chi connectivity index (χ3n) is 8.17. The number of aromatic nitrogens is 1. The predicted octanol–water partition coefficient (Wildman–Crippen LogP) is 5.05. The summed E-state index contributed by atoms with van der Waals surface area (Å²) < 4.78 is 10.6. The van der Waals surface area contributed by atoms with Gasteiger partial charge in [0.15, 0.2) is 5.13 Å². The highest BCUT2D eigenvalue weighted by Crippen LogP contribution is 2.42. The smallest absolute Gasteiger partial charge is 0.352 e. The van der Waals surface area contributed by atoms with E-state index in [0.717, 1.165) is 27.9 Å². The van der Waals surface area contributed by atoms with Crippen LogP contribution in [-0.2, 0) is 34.2 Å². The molecule has 2 aliphatic heterocycles. The normalized spacial score (nSPS) is 17.7. The molecule has 6 rings (SSSR count). The summed E-state index contributed by atoms with van der Waals surface area (Å²) in [5.41, 5.74) is 2.43. The number of ether oxygens (including phenoxy) is 2. The Labute approximate surface area is 290 Å². The molecule has 11 nitrogen and oxygen atoms in total. The molecular weight excluding hydrogens is 665 g/mol. The third-order valence-corrected chi connectivity index (χ3v) is 10.3. The zero-order valence-electron chi connectivity index (χ0n) is 26.3. The molecule has 1 saturated heterocycles. The van der Waals surface area contributed by atoms with Crippen LogP contribution in [0.25, 0.3) is 0 Å². The fraction of sp³-hybridized carbons (Fsp3) is 0.194. The first-order valence-electron chi connectivity index (χ1n) is 15.2. The molecule has 250 valence electrons. The first-order valence-corrected chi connectivity index (χ1v) is 17.2. The number of anilines is 1. The molecule has 4 aromatic rings. The van der Waals surface area contributed by atoms with Crippen molar-refractivity contribution in [1.82, 2.24) is 15.2 Å². The summed E-state index contributed by atoms with van der Waals surface area (Å²) in [6.45, 7) is 4.60. The number of hydrogen-bond acceptors (Lipinski definition) is 10. The quantitative estimate of drug-likeness (QED) is 0.0751. The number of carboxylic acids is 1. The average Bonchev–Trinajstić information content (AvgIpc) is 3.59. The number of carboxylic acid groups (broad SMARTS) is 1. The molecule has 1 aromatic heterocycles. The number of carbonyl (C=O) groups excluding carboxylic acids is 3. The number of carbonyl (C=O) groups is 4. The van der Waals surface area contributed by atoms with Crippen LogP contribution >= 0.6 is 23.1 Å². The SMILES string of the molecule is C=COC(C(=O)NC1C(=O)N2C(C(=O)O)=C(COC(C)=O)CS[C@H]12)c1csc(NC(c2ccccc2)(c2ccccc2)c2ccccc2)n1. The van der Waals surface area contributed by atoms with E-state index in [1.165, 1.54) is 30.0 Å². The molecule has 49 heavy (non-hydrogen) atoms. The van der Waals surface area contributed by atoms with E-state index < -0.39 is 46.8 Å². The highest BCUT2D eigenvalue weighted by Gasteiger charge is 2.54. The van der Waals surface area contributed by atoms with Crippen molar-refractivity contribution in [2.24, 2.45) is 0 Å². The second kappa shape index (κ2) is 14.4. The molecule has 0 radical (unpaired) electrons. The molecule has 13 heteroatoms. The van der Waals surface area contributed by atoms with Crippen molar-refractivity contribution in [2.45, 2.75) is 30.0 Å². The molecule has 0 spiro atoms. The molecule has 2 unspecified atom stereocenters. The van der Waals surface area contributed by atoms with Crippen LogP contribution in [0.15, 0.2) is 120 Å². The van der Waals surface area contributed by atoms with Gasteiger partial charge in [-0.2, -0.15) is 0 Å². The minimum Gasteiger partial charge on any atom is -0.482 e. The molecule has 0 aliphatic carbocycles. The Morgan fingerprint density at radius 1 is 1.02 bits per heavy atom. The first kappa shape index (κ1) is 33.5. The number of rotatable bonds is 13. The standard InChI is InChI=1S/C36H32N4O7S2/c1-3-46-30(31(42)38-28-32(43)40-29(34(44)45)23(19-47-22(2)41)20-48-33(28)40)27-21-49-35(37-27)39-36(24-13-7-4-8-14-24,25-15-9-5-10-16-25)26-17-11-6-12-18-26/h3-18,21,28,30,33H,1,19-20H2,2H3,(H,37,39)(H,38,42)(H,44,45)/t28?,30?,33-/m1/s1. The maximum atomic E-state index is 13.7. The summed E-state index contributed by atoms with van der Waals surface area (Å²) in [6.07, 6.45) is -0.108. The lowest BCUT2D eigenvalue weighted by atomic mass is 9.77. The van der Waals surface area contributed by atoms with Crippen LogP contribution < -0.4 is 10.6 Å². The molecule has 3 N–H and O–H groups in total. The zero-order valence-corrected chi connectivity index (χ0v) is 27.9. The summed E-state index contributed by atoms with van der Waals surface area (Å²) >= 11 is 2.56. The lowest BCUT2D eigenvalue weighted by molar-refractivity contribution is -0.152.